The Labute approximate surface area is 187 Å². The van der Waals surface area contributed by atoms with E-state index in [1.165, 1.54) is 17.2 Å². The summed E-state index contributed by atoms with van der Waals surface area (Å²) >= 11 is 0. The van der Waals surface area contributed by atoms with Crippen LogP contribution in [-0.2, 0) is 19.5 Å². The number of para-hydroxylation sites is 2. The molecule has 7 nitrogen and oxygen atoms in total. The van der Waals surface area contributed by atoms with Gasteiger partial charge in [-0.15, -0.1) is 0 Å². The lowest BCUT2D eigenvalue weighted by molar-refractivity contribution is 0.0950. The topological polar surface area (TPSA) is 83.4 Å². The summed E-state index contributed by atoms with van der Waals surface area (Å²) in [6, 6.07) is 16.3. The van der Waals surface area contributed by atoms with Crippen LogP contribution in [0.15, 0.2) is 65.4 Å². The van der Waals surface area contributed by atoms with Crippen LogP contribution in [0.4, 0.5) is 0 Å². The van der Waals surface area contributed by atoms with E-state index in [2.05, 4.69) is 50.6 Å². The van der Waals surface area contributed by atoms with Crippen LogP contribution in [-0.4, -0.2) is 41.0 Å². The number of oxazole rings is 1. The van der Waals surface area contributed by atoms with Crippen LogP contribution in [0.2, 0.25) is 0 Å². The molecule has 0 radical (unpaired) electrons. The molecule has 2 aromatic heterocycles. The fourth-order valence-electron chi connectivity index (χ4n) is 3.84. The Morgan fingerprint density at radius 2 is 1.94 bits per heavy atom. The second-order valence-electron chi connectivity index (χ2n) is 7.62. The molecule has 0 saturated heterocycles. The minimum Gasteiger partial charge on any atom is -0.496 e. The van der Waals surface area contributed by atoms with Gasteiger partial charge in [-0.05, 0) is 31.0 Å². The summed E-state index contributed by atoms with van der Waals surface area (Å²) in [4.78, 5) is 22.0. The first kappa shape index (κ1) is 21.6. The summed E-state index contributed by atoms with van der Waals surface area (Å²) in [6.07, 6.45) is 4.36. The maximum absolute atomic E-state index is 12.1. The summed E-state index contributed by atoms with van der Waals surface area (Å²) in [5.74, 6) is 1.14. The van der Waals surface area contributed by atoms with Crippen molar-refractivity contribution in [1.82, 2.24) is 20.2 Å². The highest BCUT2D eigenvalue weighted by atomic mass is 16.5. The zero-order chi connectivity index (χ0) is 22.3. The molecule has 166 valence electrons. The highest BCUT2D eigenvalue weighted by Crippen LogP contribution is 2.22. The van der Waals surface area contributed by atoms with Crippen molar-refractivity contribution in [3.05, 3.63) is 83.7 Å². The number of nitrogens with one attached hydrogen (secondary N) is 2. The number of ether oxygens (including phenoxy) is 1. The maximum Gasteiger partial charge on any atom is 0.273 e. The molecule has 0 fully saturated rings. The van der Waals surface area contributed by atoms with E-state index in [4.69, 9.17) is 9.15 Å². The minimum atomic E-state index is -0.224. The van der Waals surface area contributed by atoms with Gasteiger partial charge < -0.3 is 19.5 Å². The average Bonchev–Trinajstić information content (AvgIpc) is 3.45. The lowest BCUT2D eigenvalue weighted by Crippen LogP contribution is -2.26. The van der Waals surface area contributed by atoms with Crippen molar-refractivity contribution in [2.75, 3.05) is 20.2 Å². The number of benzene rings is 2. The first-order valence-corrected chi connectivity index (χ1v) is 10.8. The Morgan fingerprint density at radius 3 is 2.78 bits per heavy atom. The normalized spacial score (nSPS) is 11.2. The van der Waals surface area contributed by atoms with Gasteiger partial charge in [0.25, 0.3) is 5.91 Å². The predicted octanol–water partition coefficient (Wildman–Crippen LogP) is 4.16. The fourth-order valence-corrected chi connectivity index (χ4v) is 3.84. The third-order valence-electron chi connectivity index (χ3n) is 5.44. The quantitative estimate of drug-likeness (QED) is 0.393. The standard InChI is InChI=1S/C25H28N4O3/c1-3-26-25(30)22-17-32-24(28-22)16-29(15-19-8-4-7-11-23(19)31-2)13-12-18-14-27-21-10-6-5-9-20(18)21/h4-11,14,17,27H,3,12-13,15-16H2,1-2H3,(H,26,30). The third kappa shape index (κ3) is 5.00. The highest BCUT2D eigenvalue weighted by molar-refractivity contribution is 5.91. The number of H-pyrrole nitrogens is 1. The van der Waals surface area contributed by atoms with Crippen molar-refractivity contribution >= 4 is 16.8 Å². The number of carbonyl (C=O) groups is 1. The molecule has 0 aliphatic rings. The van der Waals surface area contributed by atoms with Crippen LogP contribution in [0.3, 0.4) is 0 Å². The van der Waals surface area contributed by atoms with Gasteiger partial charge in [-0.1, -0.05) is 36.4 Å². The lowest BCUT2D eigenvalue weighted by atomic mass is 10.1. The summed E-state index contributed by atoms with van der Waals surface area (Å²) < 4.78 is 11.2. The zero-order valence-corrected chi connectivity index (χ0v) is 18.4. The van der Waals surface area contributed by atoms with Crippen molar-refractivity contribution in [2.24, 2.45) is 0 Å². The Bertz CT molecular complexity index is 1180. The van der Waals surface area contributed by atoms with Crippen LogP contribution in [0, 0.1) is 0 Å². The van der Waals surface area contributed by atoms with Gasteiger partial charge in [0.05, 0.1) is 13.7 Å². The van der Waals surface area contributed by atoms with Crippen LogP contribution in [0.25, 0.3) is 10.9 Å². The molecule has 0 spiro atoms. The van der Waals surface area contributed by atoms with Gasteiger partial charge in [0.1, 0.15) is 12.0 Å². The molecule has 2 aromatic carbocycles. The molecule has 4 rings (SSSR count). The Morgan fingerprint density at radius 1 is 1.12 bits per heavy atom. The number of carbonyl (C=O) groups excluding carboxylic acids is 1. The molecule has 1 amide bonds. The maximum atomic E-state index is 12.1. The molecular weight excluding hydrogens is 404 g/mol. The molecule has 7 heteroatoms. The summed E-state index contributed by atoms with van der Waals surface area (Å²) in [6.45, 7) is 4.37. The average molecular weight is 433 g/mol. The second kappa shape index (κ2) is 10.2. The van der Waals surface area contributed by atoms with E-state index in [1.54, 1.807) is 7.11 Å². The molecule has 0 aliphatic heterocycles. The number of nitrogens with zero attached hydrogens (tertiary/aromatic N) is 2. The molecule has 2 N–H and O–H groups in total. The first-order chi connectivity index (χ1) is 15.7. The summed E-state index contributed by atoms with van der Waals surface area (Å²) in [5, 5.41) is 3.98. The Hall–Kier alpha value is -3.58. The monoisotopic (exact) mass is 432 g/mol. The largest absolute Gasteiger partial charge is 0.496 e. The van der Waals surface area contributed by atoms with Crippen LogP contribution in [0.5, 0.6) is 5.75 Å². The van der Waals surface area contributed by atoms with Gasteiger partial charge >= 0.3 is 0 Å². The number of hydrogen-bond acceptors (Lipinski definition) is 5. The molecule has 4 aromatic rings. The second-order valence-corrected chi connectivity index (χ2v) is 7.62. The summed E-state index contributed by atoms with van der Waals surface area (Å²) in [7, 11) is 1.68. The van der Waals surface area contributed by atoms with Crippen LogP contribution >= 0.6 is 0 Å². The van der Waals surface area contributed by atoms with Crippen molar-refractivity contribution in [2.45, 2.75) is 26.4 Å². The molecule has 0 unspecified atom stereocenters. The van der Waals surface area contributed by atoms with Gasteiger partial charge in [0.2, 0.25) is 5.89 Å². The van der Waals surface area contributed by atoms with Crippen molar-refractivity contribution in [3.8, 4) is 5.75 Å². The number of rotatable bonds is 10. The smallest absolute Gasteiger partial charge is 0.273 e. The third-order valence-corrected chi connectivity index (χ3v) is 5.44. The Balaban J connectivity index is 1.53. The van der Waals surface area contributed by atoms with Crippen molar-refractivity contribution in [1.29, 1.82) is 0 Å². The van der Waals surface area contributed by atoms with Crippen molar-refractivity contribution < 1.29 is 13.9 Å². The van der Waals surface area contributed by atoms with E-state index in [0.29, 0.717) is 31.2 Å². The van der Waals surface area contributed by atoms with Gasteiger partial charge in [0, 0.05) is 42.3 Å². The van der Waals surface area contributed by atoms with Gasteiger partial charge in [-0.2, -0.15) is 0 Å². The molecule has 32 heavy (non-hydrogen) atoms. The number of fused-ring (bicyclic) bond motifs is 1. The molecule has 0 saturated carbocycles. The SMILES string of the molecule is CCNC(=O)c1coc(CN(CCc2c[nH]c3ccccc23)Cc2ccccc2OC)n1. The highest BCUT2D eigenvalue weighted by Gasteiger charge is 2.17. The van der Waals surface area contributed by atoms with E-state index < -0.39 is 0 Å². The first-order valence-electron chi connectivity index (χ1n) is 10.8. The molecule has 0 aliphatic carbocycles. The number of hydrogen-bond donors (Lipinski definition) is 2. The van der Waals surface area contributed by atoms with E-state index in [1.807, 2.05) is 31.2 Å². The van der Waals surface area contributed by atoms with Gasteiger partial charge in [-0.3, -0.25) is 9.69 Å². The molecule has 0 bridgehead atoms. The fraction of sp³-hybridized carbons (Fsp3) is 0.280. The van der Waals surface area contributed by atoms with Gasteiger partial charge in [-0.25, -0.2) is 4.98 Å². The lowest BCUT2D eigenvalue weighted by Gasteiger charge is -2.22. The molecule has 2 heterocycles. The number of aromatic nitrogens is 2. The van der Waals surface area contributed by atoms with E-state index in [9.17, 15) is 4.79 Å². The number of methoxy groups -OCH3 is 1. The summed E-state index contributed by atoms with van der Waals surface area (Å²) in [5.41, 5.74) is 3.79. The zero-order valence-electron chi connectivity index (χ0n) is 18.4. The predicted molar refractivity (Wildman–Crippen MR) is 124 cm³/mol. The van der Waals surface area contributed by atoms with Crippen LogP contribution in [0.1, 0.15) is 34.4 Å². The molecule has 0 atom stereocenters. The van der Waals surface area contributed by atoms with E-state index >= 15 is 0 Å². The van der Waals surface area contributed by atoms with Crippen molar-refractivity contribution in [3.63, 3.8) is 0 Å². The van der Waals surface area contributed by atoms with E-state index in [-0.39, 0.29) is 5.91 Å². The number of amides is 1. The minimum absolute atomic E-state index is 0.224. The molecular formula is C25H28N4O3. The van der Waals surface area contributed by atoms with E-state index in [0.717, 1.165) is 29.8 Å². The van der Waals surface area contributed by atoms with Crippen LogP contribution < -0.4 is 10.1 Å². The van der Waals surface area contributed by atoms with Gasteiger partial charge in [0.15, 0.2) is 5.69 Å². The Kier molecular flexibility index (Phi) is 6.87. The number of aromatic amines is 1.